The van der Waals surface area contributed by atoms with E-state index in [2.05, 4.69) is 0 Å². The van der Waals surface area contributed by atoms with E-state index < -0.39 is 0 Å². The van der Waals surface area contributed by atoms with Crippen molar-refractivity contribution in [3.8, 4) is 11.3 Å². The third kappa shape index (κ3) is 3.52. The molecule has 5 heteroatoms. The van der Waals surface area contributed by atoms with E-state index in [1.165, 1.54) is 4.90 Å². The van der Waals surface area contributed by atoms with Crippen molar-refractivity contribution >= 4 is 29.1 Å². The molecule has 0 saturated carbocycles. The molecule has 0 aliphatic carbocycles. The van der Waals surface area contributed by atoms with Crippen LogP contribution in [0.5, 0.6) is 0 Å². The molecule has 0 fully saturated rings. The van der Waals surface area contributed by atoms with E-state index in [1.54, 1.807) is 7.05 Å². The van der Waals surface area contributed by atoms with E-state index in [0.717, 1.165) is 11.3 Å². The molecule has 0 radical (unpaired) electrons. The van der Waals surface area contributed by atoms with Gasteiger partial charge in [-0.05, 0) is 36.4 Å². The zero-order valence-electron chi connectivity index (χ0n) is 10.4. The number of nitrogens with zero attached hydrogens (tertiary/aromatic N) is 1. The van der Waals surface area contributed by atoms with Gasteiger partial charge < -0.3 is 9.32 Å². The minimum absolute atomic E-state index is 0.0265. The first-order valence-corrected chi connectivity index (χ1v) is 6.66. The van der Waals surface area contributed by atoms with Gasteiger partial charge in [-0.15, -0.1) is 11.6 Å². The molecule has 100 valence electrons. The van der Waals surface area contributed by atoms with Crippen molar-refractivity contribution in [2.24, 2.45) is 0 Å². The van der Waals surface area contributed by atoms with E-state index in [-0.39, 0.29) is 11.8 Å². The summed E-state index contributed by atoms with van der Waals surface area (Å²) in [6.45, 7) is 0.402. The Morgan fingerprint density at radius 3 is 2.53 bits per heavy atom. The van der Waals surface area contributed by atoms with Gasteiger partial charge in [0.1, 0.15) is 17.4 Å². The second-order valence-corrected chi connectivity index (χ2v) is 4.86. The number of rotatable bonds is 4. The average Bonchev–Trinajstić information content (AvgIpc) is 2.87. The van der Waals surface area contributed by atoms with Gasteiger partial charge in [0.15, 0.2) is 0 Å². The van der Waals surface area contributed by atoms with Crippen LogP contribution in [0, 0.1) is 0 Å². The highest BCUT2D eigenvalue weighted by atomic mass is 35.5. The topological polar surface area (TPSA) is 33.5 Å². The molecule has 0 aliphatic rings. The van der Waals surface area contributed by atoms with E-state index in [1.807, 2.05) is 36.4 Å². The molecular weight excluding hydrogens is 285 g/mol. The molecule has 2 aromatic rings. The Morgan fingerprint density at radius 2 is 1.89 bits per heavy atom. The lowest BCUT2D eigenvalue weighted by Crippen LogP contribution is -2.26. The molecule has 0 N–H and O–H groups in total. The first-order valence-electron chi connectivity index (χ1n) is 5.74. The maximum Gasteiger partial charge on any atom is 0.237 e. The highest BCUT2D eigenvalue weighted by molar-refractivity contribution is 6.30. The number of benzene rings is 1. The Kier molecular flexibility index (Phi) is 4.51. The Bertz CT molecular complexity index is 563. The van der Waals surface area contributed by atoms with Gasteiger partial charge in [0.2, 0.25) is 5.91 Å². The number of carbonyl (C=O) groups is 1. The van der Waals surface area contributed by atoms with Crippen molar-refractivity contribution in [1.29, 1.82) is 0 Å². The number of amides is 1. The Labute approximate surface area is 121 Å². The molecule has 1 amide bonds. The van der Waals surface area contributed by atoms with Crippen molar-refractivity contribution in [3.63, 3.8) is 0 Å². The Hall–Kier alpha value is -1.45. The summed E-state index contributed by atoms with van der Waals surface area (Å²) in [6.07, 6.45) is 0. The van der Waals surface area contributed by atoms with Crippen molar-refractivity contribution in [2.45, 2.75) is 6.54 Å². The van der Waals surface area contributed by atoms with Crippen LogP contribution >= 0.6 is 23.2 Å². The third-order valence-corrected chi connectivity index (χ3v) is 3.20. The average molecular weight is 298 g/mol. The summed E-state index contributed by atoms with van der Waals surface area (Å²) in [5.41, 5.74) is 0.946. The molecule has 2 rings (SSSR count). The van der Waals surface area contributed by atoms with Gasteiger partial charge in [-0.25, -0.2) is 0 Å². The van der Waals surface area contributed by atoms with E-state index >= 15 is 0 Å². The van der Waals surface area contributed by atoms with Gasteiger partial charge in [-0.1, -0.05) is 11.6 Å². The Balaban J connectivity index is 2.11. The molecule has 0 bridgehead atoms. The van der Waals surface area contributed by atoms with Gasteiger partial charge in [0.05, 0.1) is 6.54 Å². The first-order chi connectivity index (χ1) is 9.10. The zero-order valence-corrected chi connectivity index (χ0v) is 11.9. The lowest BCUT2D eigenvalue weighted by atomic mass is 10.2. The number of hydrogen-bond donors (Lipinski definition) is 0. The highest BCUT2D eigenvalue weighted by Crippen LogP contribution is 2.24. The summed E-state index contributed by atoms with van der Waals surface area (Å²) in [4.78, 5) is 12.9. The van der Waals surface area contributed by atoms with Crippen LogP contribution in [0.2, 0.25) is 5.02 Å². The predicted octanol–water partition coefficient (Wildman–Crippen LogP) is 3.80. The van der Waals surface area contributed by atoms with Crippen LogP contribution in [0.3, 0.4) is 0 Å². The summed E-state index contributed by atoms with van der Waals surface area (Å²) in [6, 6.07) is 11.1. The maximum atomic E-state index is 11.4. The molecule has 1 heterocycles. The summed E-state index contributed by atoms with van der Waals surface area (Å²) in [7, 11) is 1.69. The van der Waals surface area contributed by atoms with Gasteiger partial charge in [-0.2, -0.15) is 0 Å². The maximum absolute atomic E-state index is 11.4. The summed E-state index contributed by atoms with van der Waals surface area (Å²) >= 11 is 11.3. The van der Waals surface area contributed by atoms with Crippen molar-refractivity contribution in [1.82, 2.24) is 4.90 Å². The van der Waals surface area contributed by atoms with Crippen molar-refractivity contribution in [3.05, 3.63) is 47.2 Å². The molecule has 0 spiro atoms. The van der Waals surface area contributed by atoms with Gasteiger partial charge in [-0.3, -0.25) is 4.79 Å². The second kappa shape index (κ2) is 6.13. The number of carbonyl (C=O) groups excluding carboxylic acids is 1. The van der Waals surface area contributed by atoms with Crippen LogP contribution < -0.4 is 0 Å². The highest BCUT2D eigenvalue weighted by Gasteiger charge is 2.11. The lowest BCUT2D eigenvalue weighted by molar-refractivity contribution is -0.127. The minimum atomic E-state index is -0.133. The van der Waals surface area contributed by atoms with Crippen LogP contribution in [-0.4, -0.2) is 23.7 Å². The largest absolute Gasteiger partial charge is 0.459 e. The van der Waals surface area contributed by atoms with Crippen LogP contribution in [0.15, 0.2) is 40.8 Å². The molecule has 19 heavy (non-hydrogen) atoms. The molecule has 0 saturated heterocycles. The monoisotopic (exact) mass is 297 g/mol. The molecule has 0 atom stereocenters. The van der Waals surface area contributed by atoms with Crippen molar-refractivity contribution < 1.29 is 9.21 Å². The number of halogens is 2. The van der Waals surface area contributed by atoms with E-state index in [9.17, 15) is 4.79 Å². The standard InChI is InChI=1S/C14H13Cl2NO2/c1-17(14(18)8-15)9-12-6-7-13(19-12)10-2-4-11(16)5-3-10/h2-7H,8-9H2,1H3. The summed E-state index contributed by atoms with van der Waals surface area (Å²) in [5.74, 6) is 1.30. The normalized spacial score (nSPS) is 10.5. The molecule has 0 unspecified atom stereocenters. The summed E-state index contributed by atoms with van der Waals surface area (Å²) in [5, 5.41) is 0.683. The van der Waals surface area contributed by atoms with Crippen molar-refractivity contribution in [2.75, 3.05) is 12.9 Å². The number of furan rings is 1. The SMILES string of the molecule is CN(Cc1ccc(-c2ccc(Cl)cc2)o1)C(=O)CCl. The molecular formula is C14H13Cl2NO2. The van der Waals surface area contributed by atoms with Crippen LogP contribution in [0.4, 0.5) is 0 Å². The first kappa shape index (κ1) is 14.0. The molecule has 3 nitrogen and oxygen atoms in total. The van der Waals surface area contributed by atoms with Crippen LogP contribution in [-0.2, 0) is 11.3 Å². The van der Waals surface area contributed by atoms with Crippen LogP contribution in [0.1, 0.15) is 5.76 Å². The fraction of sp³-hybridized carbons (Fsp3) is 0.214. The predicted molar refractivity (Wildman–Crippen MR) is 76.3 cm³/mol. The van der Waals surface area contributed by atoms with E-state index in [0.29, 0.717) is 17.3 Å². The number of hydrogen-bond acceptors (Lipinski definition) is 2. The third-order valence-electron chi connectivity index (χ3n) is 2.72. The lowest BCUT2D eigenvalue weighted by Gasteiger charge is -2.13. The summed E-state index contributed by atoms with van der Waals surface area (Å²) < 4.78 is 5.69. The quantitative estimate of drug-likeness (QED) is 0.804. The van der Waals surface area contributed by atoms with Gasteiger partial charge >= 0.3 is 0 Å². The molecule has 1 aromatic heterocycles. The zero-order chi connectivity index (χ0) is 13.8. The van der Waals surface area contributed by atoms with E-state index in [4.69, 9.17) is 27.6 Å². The van der Waals surface area contributed by atoms with Gasteiger partial charge in [0, 0.05) is 17.6 Å². The fourth-order valence-corrected chi connectivity index (χ4v) is 1.99. The van der Waals surface area contributed by atoms with Gasteiger partial charge in [0.25, 0.3) is 0 Å². The number of alkyl halides is 1. The van der Waals surface area contributed by atoms with Crippen LogP contribution in [0.25, 0.3) is 11.3 Å². The second-order valence-electron chi connectivity index (χ2n) is 4.16. The minimum Gasteiger partial charge on any atom is -0.459 e. The Morgan fingerprint density at radius 1 is 1.21 bits per heavy atom. The molecule has 0 aliphatic heterocycles. The smallest absolute Gasteiger partial charge is 0.237 e. The fourth-order valence-electron chi connectivity index (χ4n) is 1.66. The molecule has 1 aromatic carbocycles.